The Morgan fingerprint density at radius 1 is 1.32 bits per heavy atom. The van der Waals surface area contributed by atoms with Gasteiger partial charge in [-0.25, -0.2) is 0 Å². The first-order valence-corrected chi connectivity index (χ1v) is 7.19. The van der Waals surface area contributed by atoms with E-state index in [2.05, 4.69) is 16.9 Å². The van der Waals surface area contributed by atoms with Crippen LogP contribution in [0.2, 0.25) is 0 Å². The lowest BCUT2D eigenvalue weighted by Gasteiger charge is -2.09. The van der Waals surface area contributed by atoms with E-state index < -0.39 is 4.92 Å². The molecule has 2 atom stereocenters. The van der Waals surface area contributed by atoms with Crippen LogP contribution in [0.25, 0.3) is 0 Å². The van der Waals surface area contributed by atoms with E-state index in [1.165, 1.54) is 11.6 Å². The summed E-state index contributed by atoms with van der Waals surface area (Å²) in [4.78, 5) is 22.7. The fourth-order valence-corrected chi connectivity index (χ4v) is 2.79. The first kappa shape index (κ1) is 16.0. The maximum absolute atomic E-state index is 12.3. The predicted molar refractivity (Wildman–Crippen MR) is 85.1 cm³/mol. The highest BCUT2D eigenvalue weighted by atomic mass is 16.6. The summed E-state index contributed by atoms with van der Waals surface area (Å²) in [6.45, 7) is 8.11. The van der Waals surface area contributed by atoms with E-state index in [4.69, 9.17) is 0 Å². The molecule has 0 aliphatic heterocycles. The first-order chi connectivity index (χ1) is 10.2. The number of benzene rings is 1. The third kappa shape index (κ3) is 3.10. The third-order valence-corrected chi connectivity index (χ3v) is 4.13. The SMILES string of the molecule is CC(C)=C[C@@H]1[C@@H](C(=O)NNc2ccccc2[N+](=O)[O-])C1(C)C. The molecule has 6 nitrogen and oxygen atoms in total. The Balaban J connectivity index is 2.03. The van der Waals surface area contributed by atoms with Crippen molar-refractivity contribution in [3.8, 4) is 0 Å². The Hall–Kier alpha value is -2.37. The molecule has 2 N–H and O–H groups in total. The molecule has 0 heterocycles. The maximum atomic E-state index is 12.3. The van der Waals surface area contributed by atoms with Crippen molar-refractivity contribution >= 4 is 17.3 Å². The number of amides is 1. The topological polar surface area (TPSA) is 84.3 Å². The van der Waals surface area contributed by atoms with Crippen LogP contribution in [0, 0.1) is 27.4 Å². The Labute approximate surface area is 129 Å². The van der Waals surface area contributed by atoms with Gasteiger partial charge in [-0.1, -0.05) is 37.6 Å². The molecule has 1 aliphatic rings. The van der Waals surface area contributed by atoms with Crippen molar-refractivity contribution in [3.05, 3.63) is 46.0 Å². The van der Waals surface area contributed by atoms with E-state index in [0.29, 0.717) is 0 Å². The number of carbonyl (C=O) groups excluding carboxylic acids is 1. The minimum absolute atomic E-state index is 0.0706. The zero-order chi connectivity index (χ0) is 16.5. The van der Waals surface area contributed by atoms with Gasteiger partial charge in [0.15, 0.2) is 0 Å². The molecular formula is C16H21N3O3. The number of allylic oxidation sites excluding steroid dienone is 2. The molecule has 0 bridgehead atoms. The number of hydrogen-bond acceptors (Lipinski definition) is 4. The molecule has 6 heteroatoms. The van der Waals surface area contributed by atoms with Crippen LogP contribution in [0.15, 0.2) is 35.9 Å². The summed E-state index contributed by atoms with van der Waals surface area (Å²) >= 11 is 0. The smallest absolute Gasteiger partial charge is 0.292 e. The number of para-hydroxylation sites is 2. The molecule has 1 aromatic carbocycles. The number of rotatable bonds is 5. The second-order valence-electron chi connectivity index (χ2n) is 6.46. The second-order valence-corrected chi connectivity index (χ2v) is 6.46. The number of hydrogen-bond donors (Lipinski definition) is 2. The second kappa shape index (κ2) is 5.79. The highest BCUT2D eigenvalue weighted by Crippen LogP contribution is 2.59. The number of carbonyl (C=O) groups is 1. The normalized spacial score (nSPS) is 21.6. The molecule has 2 rings (SSSR count). The molecule has 118 valence electrons. The lowest BCUT2D eigenvalue weighted by molar-refractivity contribution is -0.384. The van der Waals surface area contributed by atoms with Gasteiger partial charge in [-0.05, 0) is 31.2 Å². The Bertz CT molecular complexity index is 633. The molecule has 0 radical (unpaired) electrons. The first-order valence-electron chi connectivity index (χ1n) is 7.19. The van der Waals surface area contributed by atoms with E-state index in [0.717, 1.165) is 0 Å². The zero-order valence-corrected chi connectivity index (χ0v) is 13.2. The predicted octanol–water partition coefficient (Wildman–Crippen LogP) is 3.28. The molecule has 0 saturated heterocycles. The summed E-state index contributed by atoms with van der Waals surface area (Å²) in [5.41, 5.74) is 6.55. The molecule has 0 aromatic heterocycles. The van der Waals surface area contributed by atoms with E-state index >= 15 is 0 Å². The van der Waals surface area contributed by atoms with E-state index in [1.807, 2.05) is 27.7 Å². The van der Waals surface area contributed by atoms with Gasteiger partial charge in [0.05, 0.1) is 10.8 Å². The van der Waals surface area contributed by atoms with E-state index in [1.54, 1.807) is 18.2 Å². The average Bonchev–Trinajstić information content (AvgIpc) is 2.96. The van der Waals surface area contributed by atoms with Gasteiger partial charge in [-0.3, -0.25) is 25.8 Å². The Kier molecular flexibility index (Phi) is 4.21. The fourth-order valence-electron chi connectivity index (χ4n) is 2.79. The lowest BCUT2D eigenvalue weighted by atomic mass is 10.1. The van der Waals surface area contributed by atoms with Gasteiger partial charge in [-0.2, -0.15) is 0 Å². The highest BCUT2D eigenvalue weighted by Gasteiger charge is 2.60. The summed E-state index contributed by atoms with van der Waals surface area (Å²) in [7, 11) is 0. The van der Waals surface area contributed by atoms with Crippen LogP contribution in [-0.4, -0.2) is 10.8 Å². The number of hydrazine groups is 1. The van der Waals surface area contributed by atoms with Crippen molar-refractivity contribution in [1.29, 1.82) is 0 Å². The van der Waals surface area contributed by atoms with E-state index in [9.17, 15) is 14.9 Å². The minimum atomic E-state index is -0.485. The number of anilines is 1. The van der Waals surface area contributed by atoms with Gasteiger partial charge in [0, 0.05) is 6.07 Å². The van der Waals surface area contributed by atoms with Crippen molar-refractivity contribution in [2.75, 3.05) is 5.43 Å². The number of nitrogens with one attached hydrogen (secondary N) is 2. The molecule has 1 fully saturated rings. The van der Waals surface area contributed by atoms with Crippen LogP contribution in [-0.2, 0) is 4.79 Å². The van der Waals surface area contributed by atoms with Crippen LogP contribution in [0.1, 0.15) is 27.7 Å². The zero-order valence-electron chi connectivity index (χ0n) is 13.2. The molecule has 1 aromatic rings. The van der Waals surface area contributed by atoms with Crippen LogP contribution in [0.3, 0.4) is 0 Å². The largest absolute Gasteiger partial charge is 0.294 e. The molecule has 0 spiro atoms. The molecule has 1 saturated carbocycles. The van der Waals surface area contributed by atoms with Crippen molar-refractivity contribution in [2.24, 2.45) is 17.3 Å². The van der Waals surface area contributed by atoms with Gasteiger partial charge in [0.25, 0.3) is 5.69 Å². The quantitative estimate of drug-likeness (QED) is 0.496. The summed E-state index contributed by atoms with van der Waals surface area (Å²) in [6, 6.07) is 6.21. The van der Waals surface area contributed by atoms with Crippen molar-refractivity contribution in [3.63, 3.8) is 0 Å². The fraction of sp³-hybridized carbons (Fsp3) is 0.438. The van der Waals surface area contributed by atoms with Crippen LogP contribution in [0.5, 0.6) is 0 Å². The number of nitrogens with zero attached hydrogens (tertiary/aromatic N) is 1. The average molecular weight is 303 g/mol. The Morgan fingerprint density at radius 2 is 1.95 bits per heavy atom. The lowest BCUT2D eigenvalue weighted by Crippen LogP contribution is -2.32. The molecule has 22 heavy (non-hydrogen) atoms. The van der Waals surface area contributed by atoms with Crippen LogP contribution in [0.4, 0.5) is 11.4 Å². The van der Waals surface area contributed by atoms with Gasteiger partial charge in [-0.15, -0.1) is 0 Å². The van der Waals surface area contributed by atoms with Gasteiger partial charge in [0.2, 0.25) is 5.91 Å². The monoisotopic (exact) mass is 303 g/mol. The summed E-state index contributed by atoms with van der Waals surface area (Å²) in [6.07, 6.45) is 2.11. The highest BCUT2D eigenvalue weighted by molar-refractivity contribution is 5.85. The van der Waals surface area contributed by atoms with Gasteiger partial charge >= 0.3 is 0 Å². The minimum Gasteiger partial charge on any atom is -0.292 e. The van der Waals surface area contributed by atoms with Crippen LogP contribution >= 0.6 is 0 Å². The van der Waals surface area contributed by atoms with E-state index in [-0.39, 0.29) is 34.5 Å². The Morgan fingerprint density at radius 3 is 2.55 bits per heavy atom. The molecule has 0 unspecified atom stereocenters. The van der Waals surface area contributed by atoms with Crippen LogP contribution < -0.4 is 10.9 Å². The number of nitro groups is 1. The third-order valence-electron chi connectivity index (χ3n) is 4.13. The van der Waals surface area contributed by atoms with Crippen molar-refractivity contribution < 1.29 is 9.72 Å². The summed E-state index contributed by atoms with van der Waals surface area (Å²) < 4.78 is 0. The maximum Gasteiger partial charge on any atom is 0.294 e. The number of nitro benzene ring substituents is 1. The standard InChI is InChI=1S/C16H21N3O3/c1-10(2)9-11-14(16(11,3)4)15(20)18-17-12-7-5-6-8-13(12)19(21)22/h5-9,11,14,17H,1-4H3,(H,18,20)/t11-,14+/m1/s1. The molecule has 1 aliphatic carbocycles. The summed E-state index contributed by atoms with van der Waals surface area (Å²) in [5, 5.41) is 10.9. The summed E-state index contributed by atoms with van der Waals surface area (Å²) in [5.74, 6) is -0.0756. The van der Waals surface area contributed by atoms with Gasteiger partial charge < -0.3 is 0 Å². The van der Waals surface area contributed by atoms with Crippen molar-refractivity contribution in [1.82, 2.24) is 5.43 Å². The molecular weight excluding hydrogens is 282 g/mol. The van der Waals surface area contributed by atoms with Crippen molar-refractivity contribution in [2.45, 2.75) is 27.7 Å². The molecule has 1 amide bonds. The van der Waals surface area contributed by atoms with Gasteiger partial charge in [0.1, 0.15) is 5.69 Å².